The van der Waals surface area contributed by atoms with E-state index in [2.05, 4.69) is 48.5 Å². The summed E-state index contributed by atoms with van der Waals surface area (Å²) in [6.45, 7) is 16.8. The fraction of sp³-hybridized carbons (Fsp3) is 1.00. The Kier molecular flexibility index (Phi) is 11.6. The molecule has 0 fully saturated rings. The maximum Gasteiger partial charge on any atom is -0.0360 e. The second kappa shape index (κ2) is 11.6. The molecule has 0 amide bonds. The lowest BCUT2D eigenvalue weighted by Crippen LogP contribution is -2.23. The normalized spacial score (nSPS) is 19.4. The van der Waals surface area contributed by atoms with Crippen molar-refractivity contribution in [1.82, 2.24) is 0 Å². The Balaban J connectivity index is 4.63. The molecule has 0 N–H and O–H groups in total. The van der Waals surface area contributed by atoms with Crippen LogP contribution in [0.3, 0.4) is 0 Å². The molecule has 0 saturated heterocycles. The number of rotatable bonds is 12. The van der Waals surface area contributed by atoms with E-state index in [-0.39, 0.29) is 0 Å². The minimum absolute atomic E-state index is 0.904. The van der Waals surface area contributed by atoms with E-state index >= 15 is 0 Å². The van der Waals surface area contributed by atoms with Gasteiger partial charge < -0.3 is 0 Å². The highest BCUT2D eigenvalue weighted by Crippen LogP contribution is 2.36. The molecule has 0 aliphatic heterocycles. The Bertz CT molecular complexity index is 208. The monoisotopic (exact) mass is 282 g/mol. The highest BCUT2D eigenvalue weighted by molar-refractivity contribution is 4.76. The van der Waals surface area contributed by atoms with Gasteiger partial charge >= 0.3 is 0 Å². The van der Waals surface area contributed by atoms with Crippen molar-refractivity contribution in [3.05, 3.63) is 0 Å². The molecule has 0 aliphatic carbocycles. The summed E-state index contributed by atoms with van der Waals surface area (Å²) in [5.41, 5.74) is 0. The van der Waals surface area contributed by atoms with E-state index in [0.29, 0.717) is 0 Å². The fourth-order valence-corrected chi connectivity index (χ4v) is 4.01. The van der Waals surface area contributed by atoms with E-state index in [4.69, 9.17) is 0 Å². The Morgan fingerprint density at radius 2 is 1.10 bits per heavy atom. The smallest absolute Gasteiger partial charge is 0.0360 e. The summed E-state index contributed by atoms with van der Waals surface area (Å²) < 4.78 is 0. The third-order valence-electron chi connectivity index (χ3n) is 6.01. The van der Waals surface area contributed by atoms with Crippen molar-refractivity contribution >= 4 is 0 Å². The number of hydrogen-bond acceptors (Lipinski definition) is 0. The largest absolute Gasteiger partial charge is 0.0654 e. The molecular weight excluding hydrogens is 240 g/mol. The summed E-state index contributed by atoms with van der Waals surface area (Å²) in [5, 5.41) is 0. The zero-order valence-corrected chi connectivity index (χ0v) is 15.5. The molecule has 0 bridgehead atoms. The third kappa shape index (κ3) is 6.64. The quantitative estimate of drug-likeness (QED) is 0.351. The SMILES string of the molecule is CCCC(CC)C(CCC(CC)C(C)CC)C(C)CC. The molecule has 0 heterocycles. The lowest BCUT2D eigenvalue weighted by atomic mass is 9.73. The Labute approximate surface area is 130 Å². The summed E-state index contributed by atoms with van der Waals surface area (Å²) in [6, 6.07) is 0. The van der Waals surface area contributed by atoms with E-state index in [0.717, 1.165) is 29.6 Å². The summed E-state index contributed by atoms with van der Waals surface area (Å²) in [6.07, 6.45) is 11.2. The van der Waals surface area contributed by atoms with Crippen LogP contribution in [0.15, 0.2) is 0 Å². The Morgan fingerprint density at radius 1 is 0.550 bits per heavy atom. The Morgan fingerprint density at radius 3 is 1.50 bits per heavy atom. The lowest BCUT2D eigenvalue weighted by molar-refractivity contribution is 0.175. The molecule has 0 saturated carbocycles. The molecular formula is C20H42. The van der Waals surface area contributed by atoms with Crippen LogP contribution in [-0.4, -0.2) is 0 Å². The first kappa shape index (κ1) is 20.0. The van der Waals surface area contributed by atoms with E-state index < -0.39 is 0 Å². The van der Waals surface area contributed by atoms with Crippen molar-refractivity contribution in [1.29, 1.82) is 0 Å². The van der Waals surface area contributed by atoms with E-state index in [1.54, 1.807) is 0 Å². The van der Waals surface area contributed by atoms with Crippen LogP contribution in [0, 0.1) is 29.6 Å². The van der Waals surface area contributed by atoms with Gasteiger partial charge in [0.15, 0.2) is 0 Å². The first-order valence-electron chi connectivity index (χ1n) is 9.55. The van der Waals surface area contributed by atoms with E-state index in [9.17, 15) is 0 Å². The van der Waals surface area contributed by atoms with Crippen LogP contribution in [0.4, 0.5) is 0 Å². The van der Waals surface area contributed by atoms with Gasteiger partial charge in [0.2, 0.25) is 0 Å². The zero-order valence-electron chi connectivity index (χ0n) is 15.5. The van der Waals surface area contributed by atoms with Crippen LogP contribution < -0.4 is 0 Å². The highest BCUT2D eigenvalue weighted by Gasteiger charge is 2.25. The maximum absolute atomic E-state index is 2.49. The van der Waals surface area contributed by atoms with Gasteiger partial charge in [-0.05, 0) is 42.4 Å². The van der Waals surface area contributed by atoms with Gasteiger partial charge in [-0.1, -0.05) is 87.0 Å². The predicted molar refractivity (Wildman–Crippen MR) is 94.1 cm³/mol. The molecule has 20 heavy (non-hydrogen) atoms. The van der Waals surface area contributed by atoms with Gasteiger partial charge in [-0.25, -0.2) is 0 Å². The topological polar surface area (TPSA) is 0 Å². The van der Waals surface area contributed by atoms with E-state index in [1.165, 1.54) is 51.4 Å². The molecule has 0 aliphatic rings. The van der Waals surface area contributed by atoms with Crippen molar-refractivity contribution in [2.75, 3.05) is 0 Å². The predicted octanol–water partition coefficient (Wildman–Crippen LogP) is 7.33. The molecule has 122 valence electrons. The Hall–Kier alpha value is 0. The minimum Gasteiger partial charge on any atom is -0.0654 e. The van der Waals surface area contributed by atoms with Gasteiger partial charge in [0, 0.05) is 0 Å². The van der Waals surface area contributed by atoms with Crippen molar-refractivity contribution in [2.24, 2.45) is 29.6 Å². The average molecular weight is 283 g/mol. The molecule has 0 heteroatoms. The fourth-order valence-electron chi connectivity index (χ4n) is 4.01. The van der Waals surface area contributed by atoms with Crippen molar-refractivity contribution in [2.45, 2.75) is 99.8 Å². The molecule has 0 aromatic heterocycles. The van der Waals surface area contributed by atoms with Crippen LogP contribution >= 0.6 is 0 Å². The van der Waals surface area contributed by atoms with Crippen LogP contribution in [0.25, 0.3) is 0 Å². The van der Waals surface area contributed by atoms with E-state index in [1.807, 2.05) is 0 Å². The van der Waals surface area contributed by atoms with Crippen LogP contribution in [0.5, 0.6) is 0 Å². The second-order valence-corrected chi connectivity index (χ2v) is 7.14. The second-order valence-electron chi connectivity index (χ2n) is 7.14. The van der Waals surface area contributed by atoms with Crippen LogP contribution in [0.2, 0.25) is 0 Å². The third-order valence-corrected chi connectivity index (χ3v) is 6.01. The van der Waals surface area contributed by atoms with Gasteiger partial charge in [-0.15, -0.1) is 0 Å². The van der Waals surface area contributed by atoms with Gasteiger partial charge in [0.25, 0.3) is 0 Å². The van der Waals surface area contributed by atoms with Crippen molar-refractivity contribution < 1.29 is 0 Å². The van der Waals surface area contributed by atoms with Crippen molar-refractivity contribution in [3.8, 4) is 0 Å². The molecule has 0 spiro atoms. The summed E-state index contributed by atoms with van der Waals surface area (Å²) in [7, 11) is 0. The molecule has 5 unspecified atom stereocenters. The average Bonchev–Trinajstić information content (AvgIpc) is 2.48. The summed E-state index contributed by atoms with van der Waals surface area (Å²) >= 11 is 0. The van der Waals surface area contributed by atoms with Gasteiger partial charge in [0.05, 0.1) is 0 Å². The first-order chi connectivity index (χ1) is 9.55. The molecule has 0 aromatic rings. The van der Waals surface area contributed by atoms with Gasteiger partial charge in [-0.3, -0.25) is 0 Å². The maximum atomic E-state index is 2.49. The molecule has 0 aromatic carbocycles. The van der Waals surface area contributed by atoms with Gasteiger partial charge in [0.1, 0.15) is 0 Å². The standard InChI is InChI=1S/C20H42/c1-8-13-19(12-5)20(17(7)10-3)15-14-18(11-4)16(6)9-2/h16-20H,8-15H2,1-7H3. The van der Waals surface area contributed by atoms with Gasteiger partial charge in [-0.2, -0.15) is 0 Å². The van der Waals surface area contributed by atoms with Crippen molar-refractivity contribution in [3.63, 3.8) is 0 Å². The van der Waals surface area contributed by atoms with Crippen LogP contribution in [0.1, 0.15) is 99.8 Å². The highest BCUT2D eigenvalue weighted by atomic mass is 14.3. The zero-order chi connectivity index (χ0) is 15.5. The molecule has 0 nitrogen and oxygen atoms in total. The molecule has 0 radical (unpaired) electrons. The molecule has 0 rings (SSSR count). The molecule has 5 atom stereocenters. The summed E-state index contributed by atoms with van der Waals surface area (Å²) in [4.78, 5) is 0. The first-order valence-corrected chi connectivity index (χ1v) is 9.55. The summed E-state index contributed by atoms with van der Waals surface area (Å²) in [5.74, 6) is 4.68. The number of hydrogen-bond donors (Lipinski definition) is 0. The van der Waals surface area contributed by atoms with Crippen LogP contribution in [-0.2, 0) is 0 Å². The lowest BCUT2D eigenvalue weighted by Gasteiger charge is -2.33. The minimum atomic E-state index is 0.904.